The first-order valence-corrected chi connectivity index (χ1v) is 15.3. The second-order valence-electron chi connectivity index (χ2n) is 11.8. The Morgan fingerprint density at radius 3 is 1.93 bits per heavy atom. The monoisotopic (exact) mass is 566 g/mol. The normalized spacial score (nSPS) is 17.3. The van der Waals surface area contributed by atoms with Gasteiger partial charge in [-0.05, 0) is 104 Å². The average Bonchev–Trinajstić information content (AvgIpc) is 3.11. The van der Waals surface area contributed by atoms with Gasteiger partial charge in [0.15, 0.2) is 0 Å². The molecule has 5 aromatic carbocycles. The number of aryl methyl sites for hydroxylation is 2. The summed E-state index contributed by atoms with van der Waals surface area (Å²) < 4.78 is 0. The number of nitrogens with one attached hydrogen (secondary N) is 2. The Labute approximate surface area is 257 Å². The highest BCUT2D eigenvalue weighted by Gasteiger charge is 2.28. The second-order valence-corrected chi connectivity index (χ2v) is 11.8. The standard InChI is InChI=1S/C40H30N4/c41-21-25-11-17-37(43-23-25)35-19-33(27-7-3-1-4-8-27)29-13-15-32-36(38-18-12-26(22-42)24-44-38)20-34(28-9-5-2-6-10-28)30-14-16-31(35)39(29)40(30)32/h1-13,15,17,19-20,38,43-44H,14,16,18,23-24H2. The summed E-state index contributed by atoms with van der Waals surface area (Å²) >= 11 is 0. The zero-order valence-electron chi connectivity index (χ0n) is 24.3. The molecule has 0 fully saturated rings. The van der Waals surface area contributed by atoms with E-state index in [2.05, 4.69) is 120 Å². The molecule has 5 aromatic rings. The molecule has 3 aliphatic rings. The van der Waals surface area contributed by atoms with Crippen molar-refractivity contribution in [2.75, 3.05) is 13.1 Å². The first kappa shape index (κ1) is 26.2. The fourth-order valence-electron chi connectivity index (χ4n) is 7.35. The maximum atomic E-state index is 9.50. The maximum Gasteiger partial charge on any atom is 0.0966 e. The van der Waals surface area contributed by atoms with Gasteiger partial charge in [-0.15, -0.1) is 0 Å². The number of allylic oxidation sites excluding steroid dienone is 2. The summed E-state index contributed by atoms with van der Waals surface area (Å²) in [6, 6.07) is 35.6. The van der Waals surface area contributed by atoms with Crippen LogP contribution in [0, 0.1) is 22.7 Å². The van der Waals surface area contributed by atoms with Crippen molar-refractivity contribution in [3.63, 3.8) is 0 Å². The number of hydrogen-bond acceptors (Lipinski definition) is 4. The summed E-state index contributed by atoms with van der Waals surface area (Å²) in [6.45, 7) is 1.12. The molecule has 0 aromatic heterocycles. The third-order valence-corrected chi connectivity index (χ3v) is 9.46. The van der Waals surface area contributed by atoms with Crippen molar-refractivity contribution in [3.05, 3.63) is 137 Å². The van der Waals surface area contributed by atoms with Crippen LogP contribution in [0.4, 0.5) is 0 Å². The lowest BCUT2D eigenvalue weighted by Crippen LogP contribution is -2.27. The van der Waals surface area contributed by atoms with Crippen LogP contribution in [0.5, 0.6) is 0 Å². The van der Waals surface area contributed by atoms with E-state index >= 15 is 0 Å². The Hall–Kier alpha value is -5.42. The molecule has 4 nitrogen and oxygen atoms in total. The maximum absolute atomic E-state index is 9.50. The Kier molecular flexibility index (Phi) is 6.37. The van der Waals surface area contributed by atoms with Gasteiger partial charge in [0.25, 0.3) is 0 Å². The molecular weight excluding hydrogens is 536 g/mol. The number of benzene rings is 5. The topological polar surface area (TPSA) is 71.6 Å². The molecule has 0 spiro atoms. The molecule has 0 saturated heterocycles. The van der Waals surface area contributed by atoms with E-state index in [1.807, 2.05) is 6.08 Å². The van der Waals surface area contributed by atoms with Gasteiger partial charge in [-0.1, -0.05) is 78.9 Å². The molecule has 1 atom stereocenters. The molecular formula is C40H30N4. The Bertz CT molecular complexity index is 2160. The molecule has 4 heteroatoms. The smallest absolute Gasteiger partial charge is 0.0966 e. The molecule has 210 valence electrons. The molecule has 2 heterocycles. The van der Waals surface area contributed by atoms with Crippen LogP contribution in [0.1, 0.15) is 34.7 Å². The summed E-state index contributed by atoms with van der Waals surface area (Å²) in [4.78, 5) is 0. The molecule has 0 saturated carbocycles. The Morgan fingerprint density at radius 1 is 0.636 bits per heavy atom. The van der Waals surface area contributed by atoms with E-state index < -0.39 is 0 Å². The molecule has 8 rings (SSSR count). The van der Waals surface area contributed by atoms with Crippen LogP contribution in [0.15, 0.2) is 114 Å². The zero-order valence-corrected chi connectivity index (χ0v) is 24.3. The fraction of sp³-hybridized carbons (Fsp3) is 0.150. The van der Waals surface area contributed by atoms with Crippen LogP contribution in [0.2, 0.25) is 0 Å². The number of dihydropyridines is 1. The molecule has 2 aliphatic heterocycles. The van der Waals surface area contributed by atoms with Crippen molar-refractivity contribution in [2.24, 2.45) is 0 Å². The van der Waals surface area contributed by atoms with Gasteiger partial charge in [0.1, 0.15) is 0 Å². The quantitative estimate of drug-likeness (QED) is 0.215. The van der Waals surface area contributed by atoms with Gasteiger partial charge >= 0.3 is 0 Å². The zero-order chi connectivity index (χ0) is 29.6. The third kappa shape index (κ3) is 4.23. The Balaban J connectivity index is 1.49. The van der Waals surface area contributed by atoms with E-state index in [-0.39, 0.29) is 6.04 Å². The fourth-order valence-corrected chi connectivity index (χ4v) is 7.35. The predicted octanol–water partition coefficient (Wildman–Crippen LogP) is 8.30. The lowest BCUT2D eigenvalue weighted by Gasteiger charge is -2.30. The first-order valence-electron chi connectivity index (χ1n) is 15.3. The third-order valence-electron chi connectivity index (χ3n) is 9.46. The Morgan fingerprint density at radius 2 is 1.30 bits per heavy atom. The highest BCUT2D eigenvalue weighted by molar-refractivity contribution is 6.19. The van der Waals surface area contributed by atoms with Gasteiger partial charge < -0.3 is 10.6 Å². The molecule has 44 heavy (non-hydrogen) atoms. The van der Waals surface area contributed by atoms with E-state index in [0.29, 0.717) is 13.1 Å². The molecule has 0 bridgehead atoms. The minimum atomic E-state index is 0.125. The van der Waals surface area contributed by atoms with Crippen LogP contribution in [-0.4, -0.2) is 13.1 Å². The summed E-state index contributed by atoms with van der Waals surface area (Å²) in [6.07, 6.45) is 8.80. The van der Waals surface area contributed by atoms with Crippen molar-refractivity contribution in [3.8, 4) is 34.4 Å². The molecule has 0 radical (unpaired) electrons. The lowest BCUT2D eigenvalue weighted by molar-refractivity contribution is 0.550. The van der Waals surface area contributed by atoms with Gasteiger partial charge in [-0.2, -0.15) is 10.5 Å². The van der Waals surface area contributed by atoms with Crippen molar-refractivity contribution in [1.29, 1.82) is 10.5 Å². The van der Waals surface area contributed by atoms with Gasteiger partial charge in [0.05, 0.1) is 18.7 Å². The molecule has 0 amide bonds. The average molecular weight is 567 g/mol. The largest absolute Gasteiger partial charge is 0.380 e. The summed E-state index contributed by atoms with van der Waals surface area (Å²) in [5.41, 5.74) is 12.8. The molecule has 2 N–H and O–H groups in total. The van der Waals surface area contributed by atoms with Crippen molar-refractivity contribution in [2.45, 2.75) is 25.3 Å². The second kappa shape index (κ2) is 10.7. The van der Waals surface area contributed by atoms with Crippen molar-refractivity contribution in [1.82, 2.24) is 10.6 Å². The summed E-state index contributed by atoms with van der Waals surface area (Å²) in [5, 5.41) is 31.5. The lowest BCUT2D eigenvalue weighted by atomic mass is 9.76. The van der Waals surface area contributed by atoms with E-state index in [9.17, 15) is 10.5 Å². The number of rotatable bonds is 4. The van der Waals surface area contributed by atoms with Gasteiger partial charge in [-0.25, -0.2) is 0 Å². The van der Waals surface area contributed by atoms with E-state index in [1.165, 1.54) is 66.1 Å². The van der Waals surface area contributed by atoms with Gasteiger partial charge in [0.2, 0.25) is 0 Å². The summed E-state index contributed by atoms with van der Waals surface area (Å²) in [5.74, 6) is 0. The van der Waals surface area contributed by atoms with Crippen LogP contribution < -0.4 is 10.6 Å². The minimum absolute atomic E-state index is 0.125. The molecule has 1 unspecified atom stereocenters. The van der Waals surface area contributed by atoms with Gasteiger partial charge in [0, 0.05) is 35.0 Å². The highest BCUT2D eigenvalue weighted by Crippen LogP contribution is 2.48. The van der Waals surface area contributed by atoms with E-state index in [0.717, 1.165) is 36.1 Å². The van der Waals surface area contributed by atoms with E-state index in [1.54, 1.807) is 0 Å². The number of hydrogen-bond donors (Lipinski definition) is 2. The highest BCUT2D eigenvalue weighted by atomic mass is 14.9. The van der Waals surface area contributed by atoms with E-state index in [4.69, 9.17) is 0 Å². The predicted molar refractivity (Wildman–Crippen MR) is 178 cm³/mol. The number of nitriles is 2. The minimum Gasteiger partial charge on any atom is -0.380 e. The van der Waals surface area contributed by atoms with Crippen molar-refractivity contribution < 1.29 is 0 Å². The SMILES string of the molecule is N#CC1=CC=C(c2cc(-c3ccccc3)c3ccc4c(C5CC=C(C#N)CN5)cc(-c5ccccc5)c5c4c3c2CC5)NC1. The first-order chi connectivity index (χ1) is 21.7. The molecule has 1 aliphatic carbocycles. The van der Waals surface area contributed by atoms with Crippen molar-refractivity contribution >= 4 is 27.2 Å². The van der Waals surface area contributed by atoms with Gasteiger partial charge in [-0.3, -0.25) is 0 Å². The number of nitrogens with zero attached hydrogens (tertiary/aromatic N) is 2. The summed E-state index contributed by atoms with van der Waals surface area (Å²) in [7, 11) is 0. The van der Waals surface area contributed by atoms with Crippen LogP contribution in [-0.2, 0) is 12.8 Å². The van der Waals surface area contributed by atoms with Crippen LogP contribution >= 0.6 is 0 Å². The van der Waals surface area contributed by atoms with Crippen LogP contribution in [0.3, 0.4) is 0 Å². The van der Waals surface area contributed by atoms with Crippen LogP contribution in [0.25, 0.3) is 49.5 Å².